The Morgan fingerprint density at radius 3 is 2.60 bits per heavy atom. The molecule has 2 aliphatic heterocycles. The number of aromatic nitrogens is 1. The number of hydrogen-bond acceptors (Lipinski definition) is 5. The van der Waals surface area contributed by atoms with Crippen molar-refractivity contribution in [2.24, 2.45) is 11.8 Å². The topological polar surface area (TPSA) is 71.9 Å². The van der Waals surface area contributed by atoms with Gasteiger partial charge in [0, 0.05) is 24.1 Å². The van der Waals surface area contributed by atoms with Gasteiger partial charge in [-0.2, -0.15) is 0 Å². The first kappa shape index (κ1) is 28.6. The number of pyridine rings is 1. The van der Waals surface area contributed by atoms with Crippen LogP contribution >= 0.6 is 0 Å². The van der Waals surface area contributed by atoms with Gasteiger partial charge in [0.25, 0.3) is 0 Å². The predicted octanol–water partition coefficient (Wildman–Crippen LogP) is 7.30. The van der Waals surface area contributed by atoms with E-state index in [2.05, 4.69) is 16.0 Å². The van der Waals surface area contributed by atoms with E-state index in [1.54, 1.807) is 19.1 Å². The summed E-state index contributed by atoms with van der Waals surface area (Å²) in [5.41, 5.74) is 4.36. The summed E-state index contributed by atoms with van der Waals surface area (Å²) in [5, 5.41) is 9.71. The summed E-state index contributed by atoms with van der Waals surface area (Å²) in [6.07, 6.45) is 7.48. The molecule has 222 valence electrons. The molecule has 1 aromatic heterocycles. The number of rotatable bonds is 9. The molecule has 0 bridgehead atoms. The van der Waals surface area contributed by atoms with E-state index in [-0.39, 0.29) is 23.7 Å². The van der Waals surface area contributed by atoms with Crippen LogP contribution in [0, 0.1) is 23.5 Å². The van der Waals surface area contributed by atoms with Gasteiger partial charge in [-0.05, 0) is 85.3 Å². The second kappa shape index (κ2) is 12.0. The van der Waals surface area contributed by atoms with Crippen molar-refractivity contribution in [3.05, 3.63) is 76.5 Å². The Hall–Kier alpha value is -3.52. The maximum atomic E-state index is 16.1. The Morgan fingerprint density at radius 2 is 1.88 bits per heavy atom. The fourth-order valence-electron chi connectivity index (χ4n) is 6.76. The van der Waals surface area contributed by atoms with Crippen LogP contribution in [0.15, 0.2) is 42.6 Å². The standard InChI is InChI=1S/C34H38F2N2O4/c1-20(34(39)40)31(21-6-7-21)26-12-8-22-10-13-29(42-33(22)32(26)36)23-9-11-25(27-17-30(41-2)37-18-28(27)35)24(16-23)19-38-14-4-3-5-15-38/h8-9,11-12,16-18,20-21,29,31H,3-7,10,13-15,19H2,1-2H3,(H,39,40)/t20-,29?,31-/m0/s1. The maximum absolute atomic E-state index is 16.1. The third-order valence-corrected chi connectivity index (χ3v) is 9.23. The van der Waals surface area contributed by atoms with Gasteiger partial charge in [0.15, 0.2) is 11.6 Å². The second-order valence-electron chi connectivity index (χ2n) is 12.1. The number of fused-ring (bicyclic) bond motifs is 1. The normalized spacial score (nSPS) is 20.3. The second-order valence-corrected chi connectivity index (χ2v) is 12.1. The van der Waals surface area contributed by atoms with Gasteiger partial charge >= 0.3 is 5.97 Å². The number of carbonyl (C=O) groups is 1. The van der Waals surface area contributed by atoms with Crippen LogP contribution in [0.2, 0.25) is 0 Å². The van der Waals surface area contributed by atoms with Gasteiger partial charge in [-0.3, -0.25) is 9.69 Å². The Kier molecular flexibility index (Phi) is 8.17. The first-order valence-corrected chi connectivity index (χ1v) is 15.1. The Balaban J connectivity index is 1.34. The van der Waals surface area contributed by atoms with E-state index in [9.17, 15) is 9.90 Å². The smallest absolute Gasteiger partial charge is 0.306 e. The molecular formula is C34H38F2N2O4. The molecule has 1 saturated heterocycles. The number of methoxy groups -OCH3 is 1. The van der Waals surface area contributed by atoms with Crippen molar-refractivity contribution in [3.63, 3.8) is 0 Å². The minimum Gasteiger partial charge on any atom is -0.482 e. The Bertz CT molecular complexity index is 1470. The summed E-state index contributed by atoms with van der Waals surface area (Å²) in [7, 11) is 1.51. The van der Waals surface area contributed by atoms with Crippen molar-refractivity contribution in [3.8, 4) is 22.8 Å². The number of nitrogens with zero attached hydrogens (tertiary/aromatic N) is 2. The molecule has 1 aliphatic carbocycles. The highest BCUT2D eigenvalue weighted by atomic mass is 19.1. The van der Waals surface area contributed by atoms with Crippen LogP contribution in [-0.2, 0) is 17.8 Å². The lowest BCUT2D eigenvalue weighted by atomic mass is 9.82. The molecule has 2 fully saturated rings. The lowest BCUT2D eigenvalue weighted by molar-refractivity contribution is -0.142. The summed E-state index contributed by atoms with van der Waals surface area (Å²) in [4.78, 5) is 18.3. The number of hydrogen-bond donors (Lipinski definition) is 1. The molecular weight excluding hydrogens is 538 g/mol. The summed E-state index contributed by atoms with van der Waals surface area (Å²) in [6.45, 7) is 4.32. The molecule has 0 spiro atoms. The molecule has 1 N–H and O–H groups in total. The summed E-state index contributed by atoms with van der Waals surface area (Å²) in [5.74, 6) is -2.05. The Morgan fingerprint density at radius 1 is 1.10 bits per heavy atom. The largest absolute Gasteiger partial charge is 0.482 e. The zero-order valence-corrected chi connectivity index (χ0v) is 24.2. The number of halogens is 2. The number of piperidine rings is 1. The average Bonchev–Trinajstić information content (AvgIpc) is 3.84. The molecule has 3 aliphatic rings. The van der Waals surface area contributed by atoms with Crippen molar-refractivity contribution in [2.45, 2.75) is 70.4 Å². The monoisotopic (exact) mass is 576 g/mol. The molecule has 0 amide bonds. The highest BCUT2D eigenvalue weighted by molar-refractivity contribution is 5.71. The van der Waals surface area contributed by atoms with Crippen LogP contribution < -0.4 is 9.47 Å². The van der Waals surface area contributed by atoms with Crippen LogP contribution in [-0.4, -0.2) is 41.2 Å². The van der Waals surface area contributed by atoms with Gasteiger partial charge in [0.1, 0.15) is 11.9 Å². The van der Waals surface area contributed by atoms with Crippen LogP contribution in [0.25, 0.3) is 11.1 Å². The zero-order valence-electron chi connectivity index (χ0n) is 24.2. The number of carboxylic acids is 1. The van der Waals surface area contributed by atoms with Gasteiger partial charge in [0.05, 0.1) is 19.2 Å². The molecule has 42 heavy (non-hydrogen) atoms. The fraction of sp³-hybridized carbons (Fsp3) is 0.471. The highest BCUT2D eigenvalue weighted by Crippen LogP contribution is 2.50. The molecule has 1 saturated carbocycles. The number of likely N-dealkylation sites (tertiary alicyclic amines) is 1. The number of aliphatic carboxylic acids is 1. The highest BCUT2D eigenvalue weighted by Gasteiger charge is 2.41. The van der Waals surface area contributed by atoms with Crippen molar-refractivity contribution in [1.29, 1.82) is 0 Å². The molecule has 0 radical (unpaired) electrons. The number of benzene rings is 2. The summed E-state index contributed by atoms with van der Waals surface area (Å²) >= 11 is 0. The number of carboxylic acid groups (broad SMARTS) is 1. The molecule has 1 unspecified atom stereocenters. The van der Waals surface area contributed by atoms with E-state index in [0.29, 0.717) is 36.4 Å². The number of ether oxygens (including phenoxy) is 2. The first-order chi connectivity index (χ1) is 20.3. The van der Waals surface area contributed by atoms with Crippen LogP contribution in [0.3, 0.4) is 0 Å². The average molecular weight is 577 g/mol. The van der Waals surface area contributed by atoms with Crippen LogP contribution in [0.5, 0.6) is 11.6 Å². The van der Waals surface area contributed by atoms with Gasteiger partial charge < -0.3 is 14.6 Å². The van der Waals surface area contributed by atoms with Gasteiger partial charge in [-0.1, -0.05) is 43.7 Å². The van der Waals surface area contributed by atoms with Crippen LogP contribution in [0.1, 0.15) is 79.7 Å². The lowest BCUT2D eigenvalue weighted by Gasteiger charge is -2.31. The van der Waals surface area contributed by atoms with Gasteiger partial charge in [-0.15, -0.1) is 0 Å². The summed E-state index contributed by atoms with van der Waals surface area (Å²) in [6, 6.07) is 11.2. The Labute approximate surface area is 245 Å². The minimum atomic E-state index is -0.910. The van der Waals surface area contributed by atoms with E-state index in [1.165, 1.54) is 19.7 Å². The van der Waals surface area contributed by atoms with E-state index in [4.69, 9.17) is 9.47 Å². The third-order valence-electron chi connectivity index (χ3n) is 9.23. The molecule has 3 atom stereocenters. The predicted molar refractivity (Wildman–Crippen MR) is 156 cm³/mol. The van der Waals surface area contributed by atoms with Crippen molar-refractivity contribution >= 4 is 5.97 Å². The van der Waals surface area contributed by atoms with Crippen molar-refractivity contribution < 1.29 is 28.2 Å². The number of aryl methyl sites for hydroxylation is 1. The first-order valence-electron chi connectivity index (χ1n) is 15.1. The molecule has 6 nitrogen and oxygen atoms in total. The van der Waals surface area contributed by atoms with E-state index < -0.39 is 23.5 Å². The van der Waals surface area contributed by atoms with E-state index in [1.807, 2.05) is 18.2 Å². The van der Waals surface area contributed by atoms with Crippen molar-refractivity contribution in [2.75, 3.05) is 20.2 Å². The van der Waals surface area contributed by atoms with Crippen molar-refractivity contribution in [1.82, 2.24) is 9.88 Å². The van der Waals surface area contributed by atoms with Gasteiger partial charge in [0.2, 0.25) is 5.88 Å². The van der Waals surface area contributed by atoms with E-state index >= 15 is 8.78 Å². The SMILES string of the molecule is COc1cc(-c2ccc(C3CCc4ccc([C@H](C5CC5)[C@H](C)C(=O)O)c(F)c4O3)cc2CN2CCCCC2)c(F)cn1. The zero-order chi connectivity index (χ0) is 29.4. The molecule has 6 rings (SSSR count). The fourth-order valence-corrected chi connectivity index (χ4v) is 6.76. The molecule has 3 aromatic rings. The van der Waals surface area contributed by atoms with Gasteiger partial charge in [-0.25, -0.2) is 13.8 Å². The summed E-state index contributed by atoms with van der Waals surface area (Å²) < 4.78 is 42.8. The third kappa shape index (κ3) is 5.74. The molecule has 3 heterocycles. The lowest BCUT2D eigenvalue weighted by Crippen LogP contribution is -2.29. The molecule has 2 aromatic carbocycles. The molecule has 8 heteroatoms. The van der Waals surface area contributed by atoms with E-state index in [0.717, 1.165) is 61.0 Å². The maximum Gasteiger partial charge on any atom is 0.306 e. The minimum absolute atomic E-state index is 0.181. The van der Waals surface area contributed by atoms with Crippen LogP contribution in [0.4, 0.5) is 8.78 Å². The quantitative estimate of drug-likeness (QED) is 0.288.